The maximum atomic E-state index is 10.7. The molecule has 1 unspecified atom stereocenters. The molecule has 1 saturated heterocycles. The highest BCUT2D eigenvalue weighted by Gasteiger charge is 2.38. The van der Waals surface area contributed by atoms with Crippen molar-refractivity contribution in [2.45, 2.75) is 31.3 Å². The van der Waals surface area contributed by atoms with Crippen LogP contribution >= 0.6 is 0 Å². The Bertz CT molecular complexity index is 210. The van der Waals surface area contributed by atoms with Gasteiger partial charge in [-0.2, -0.15) is 0 Å². The molecule has 4 atom stereocenters. The Kier molecular flexibility index (Phi) is 3.82. The molecule has 1 rings (SSSR count). The molecule has 1 amide bonds. The second-order valence-electron chi connectivity index (χ2n) is 3.34. The molecular formula is C8H15NO5. The average molecular weight is 205 g/mol. The van der Waals surface area contributed by atoms with Gasteiger partial charge in [0, 0.05) is 6.92 Å². The van der Waals surface area contributed by atoms with Crippen LogP contribution in [0, 0.1) is 0 Å². The zero-order valence-electron chi connectivity index (χ0n) is 7.88. The molecule has 0 radical (unpaired) electrons. The highest BCUT2D eigenvalue weighted by molar-refractivity contribution is 5.73. The highest BCUT2D eigenvalue weighted by Crippen LogP contribution is 2.14. The van der Waals surface area contributed by atoms with E-state index in [0.29, 0.717) is 0 Å². The lowest BCUT2D eigenvalue weighted by atomic mass is 9.98. The van der Waals surface area contributed by atoms with Gasteiger partial charge in [-0.05, 0) is 0 Å². The minimum atomic E-state index is -1.18. The van der Waals surface area contributed by atoms with Crippen LogP contribution in [0.4, 0.5) is 0 Å². The van der Waals surface area contributed by atoms with Gasteiger partial charge in [0.15, 0.2) is 0 Å². The Labute approximate surface area is 81.5 Å². The summed E-state index contributed by atoms with van der Waals surface area (Å²) in [5.74, 6) is -0.299. The van der Waals surface area contributed by atoms with Crippen LogP contribution in [0.3, 0.4) is 0 Å². The molecule has 0 spiro atoms. The third kappa shape index (κ3) is 2.42. The number of rotatable bonds is 2. The van der Waals surface area contributed by atoms with Gasteiger partial charge in [0.1, 0.15) is 18.3 Å². The quantitative estimate of drug-likeness (QED) is 0.403. The number of carbonyl (C=O) groups is 1. The SMILES string of the molecule is CC(=O)N[C@H]1CO[C@H](CO)C(O)[C@@H]1O. The van der Waals surface area contributed by atoms with E-state index in [1.54, 1.807) is 0 Å². The number of hydrogen-bond donors (Lipinski definition) is 4. The van der Waals surface area contributed by atoms with Crippen LogP contribution in [-0.4, -0.2) is 58.8 Å². The van der Waals surface area contributed by atoms with E-state index in [9.17, 15) is 15.0 Å². The van der Waals surface area contributed by atoms with Gasteiger partial charge in [0.2, 0.25) is 5.91 Å². The number of amides is 1. The molecule has 0 bridgehead atoms. The molecular weight excluding hydrogens is 190 g/mol. The minimum absolute atomic E-state index is 0.0863. The Balaban J connectivity index is 2.54. The molecule has 1 aliphatic heterocycles. The Hall–Kier alpha value is -0.690. The first-order chi connectivity index (χ1) is 6.56. The van der Waals surface area contributed by atoms with Crippen molar-refractivity contribution in [1.82, 2.24) is 5.32 Å². The Morgan fingerprint density at radius 3 is 2.64 bits per heavy atom. The van der Waals surface area contributed by atoms with Crippen molar-refractivity contribution in [3.63, 3.8) is 0 Å². The highest BCUT2D eigenvalue weighted by atomic mass is 16.5. The molecule has 1 fully saturated rings. The molecule has 0 aromatic carbocycles. The number of aliphatic hydroxyl groups is 3. The summed E-state index contributed by atoms with van der Waals surface area (Å²) in [5.41, 5.74) is 0. The predicted octanol–water partition coefficient (Wildman–Crippen LogP) is -2.40. The fourth-order valence-corrected chi connectivity index (χ4v) is 1.43. The van der Waals surface area contributed by atoms with Crippen LogP contribution in [0.5, 0.6) is 0 Å². The van der Waals surface area contributed by atoms with Gasteiger partial charge >= 0.3 is 0 Å². The van der Waals surface area contributed by atoms with Gasteiger partial charge in [-0.3, -0.25) is 4.79 Å². The maximum absolute atomic E-state index is 10.7. The summed E-state index contributed by atoms with van der Waals surface area (Å²) < 4.78 is 5.05. The van der Waals surface area contributed by atoms with Crippen LogP contribution in [0.15, 0.2) is 0 Å². The second kappa shape index (κ2) is 4.70. The largest absolute Gasteiger partial charge is 0.394 e. The summed E-state index contributed by atoms with van der Waals surface area (Å²) in [4.78, 5) is 10.7. The lowest BCUT2D eigenvalue weighted by Gasteiger charge is -2.36. The number of hydrogen-bond acceptors (Lipinski definition) is 5. The van der Waals surface area contributed by atoms with Gasteiger partial charge in [-0.1, -0.05) is 0 Å². The van der Waals surface area contributed by atoms with Gasteiger partial charge < -0.3 is 25.4 Å². The number of nitrogens with one attached hydrogen (secondary N) is 1. The van der Waals surface area contributed by atoms with Crippen LogP contribution in [0.2, 0.25) is 0 Å². The van der Waals surface area contributed by atoms with E-state index < -0.39 is 24.4 Å². The molecule has 82 valence electrons. The Morgan fingerprint density at radius 1 is 1.50 bits per heavy atom. The molecule has 1 aliphatic rings. The lowest BCUT2D eigenvalue weighted by Crippen LogP contribution is -2.59. The van der Waals surface area contributed by atoms with E-state index in [1.807, 2.05) is 0 Å². The molecule has 4 N–H and O–H groups in total. The van der Waals surface area contributed by atoms with Crippen LogP contribution in [0.25, 0.3) is 0 Å². The summed E-state index contributed by atoms with van der Waals surface area (Å²) in [7, 11) is 0. The zero-order valence-corrected chi connectivity index (χ0v) is 7.88. The first-order valence-corrected chi connectivity index (χ1v) is 4.42. The zero-order chi connectivity index (χ0) is 10.7. The van der Waals surface area contributed by atoms with Crippen molar-refractivity contribution in [2.24, 2.45) is 0 Å². The average Bonchev–Trinajstić information content (AvgIpc) is 2.13. The molecule has 14 heavy (non-hydrogen) atoms. The third-order valence-corrected chi connectivity index (χ3v) is 2.20. The minimum Gasteiger partial charge on any atom is -0.394 e. The van der Waals surface area contributed by atoms with Crippen LogP contribution in [0.1, 0.15) is 6.92 Å². The van der Waals surface area contributed by atoms with Gasteiger partial charge in [0.05, 0.1) is 19.3 Å². The fraction of sp³-hybridized carbons (Fsp3) is 0.875. The monoisotopic (exact) mass is 205 g/mol. The summed E-state index contributed by atoms with van der Waals surface area (Å²) in [6.07, 6.45) is -3.06. The van der Waals surface area contributed by atoms with Crippen LogP contribution in [-0.2, 0) is 9.53 Å². The first kappa shape index (κ1) is 11.4. The summed E-state index contributed by atoms with van der Waals surface area (Å²) >= 11 is 0. The van der Waals surface area contributed by atoms with E-state index in [0.717, 1.165) is 0 Å². The van der Waals surface area contributed by atoms with E-state index in [-0.39, 0.29) is 19.1 Å². The normalized spacial score (nSPS) is 38.0. The van der Waals surface area contributed by atoms with Gasteiger partial charge in [-0.25, -0.2) is 0 Å². The number of carbonyl (C=O) groups excluding carboxylic acids is 1. The van der Waals surface area contributed by atoms with Gasteiger partial charge in [-0.15, -0.1) is 0 Å². The first-order valence-electron chi connectivity index (χ1n) is 4.42. The van der Waals surface area contributed by atoms with Crippen molar-refractivity contribution in [2.75, 3.05) is 13.2 Å². The van der Waals surface area contributed by atoms with Crippen molar-refractivity contribution in [3.05, 3.63) is 0 Å². The number of aliphatic hydroxyl groups excluding tert-OH is 3. The molecule has 0 aromatic rings. The predicted molar refractivity (Wildman–Crippen MR) is 46.4 cm³/mol. The lowest BCUT2D eigenvalue weighted by molar-refractivity contribution is -0.164. The van der Waals surface area contributed by atoms with Crippen molar-refractivity contribution >= 4 is 5.91 Å². The summed E-state index contributed by atoms with van der Waals surface area (Å²) in [6, 6.07) is -0.620. The molecule has 6 nitrogen and oxygen atoms in total. The van der Waals surface area contributed by atoms with Crippen molar-refractivity contribution in [3.8, 4) is 0 Å². The van der Waals surface area contributed by atoms with Crippen LogP contribution < -0.4 is 5.32 Å². The smallest absolute Gasteiger partial charge is 0.217 e. The van der Waals surface area contributed by atoms with E-state index >= 15 is 0 Å². The third-order valence-electron chi connectivity index (χ3n) is 2.20. The number of ether oxygens (including phenoxy) is 1. The molecule has 0 aromatic heterocycles. The van der Waals surface area contributed by atoms with Crippen molar-refractivity contribution < 1.29 is 24.9 Å². The fourth-order valence-electron chi connectivity index (χ4n) is 1.43. The summed E-state index contributed by atoms with van der Waals surface area (Å²) in [6.45, 7) is 1.05. The van der Waals surface area contributed by atoms with E-state index in [1.165, 1.54) is 6.92 Å². The van der Waals surface area contributed by atoms with E-state index in [4.69, 9.17) is 9.84 Å². The summed E-state index contributed by atoms with van der Waals surface area (Å²) in [5, 5.41) is 30.2. The Morgan fingerprint density at radius 2 is 2.14 bits per heavy atom. The standard InChI is InChI=1S/C8H15NO5/c1-4(11)9-5-3-14-6(2-10)8(13)7(5)12/h5-8,10,12-13H,2-3H2,1H3,(H,9,11)/t5-,6+,7+,8?/m0/s1. The van der Waals surface area contributed by atoms with E-state index in [2.05, 4.69) is 5.32 Å². The maximum Gasteiger partial charge on any atom is 0.217 e. The van der Waals surface area contributed by atoms with Gasteiger partial charge in [0.25, 0.3) is 0 Å². The second-order valence-corrected chi connectivity index (χ2v) is 3.34. The topological polar surface area (TPSA) is 99.0 Å². The molecule has 1 heterocycles. The molecule has 0 saturated carbocycles. The molecule has 6 heteroatoms. The molecule has 0 aliphatic carbocycles. The van der Waals surface area contributed by atoms with Crippen molar-refractivity contribution in [1.29, 1.82) is 0 Å².